The van der Waals surface area contributed by atoms with Crippen LogP contribution in [-0.2, 0) is 4.79 Å². The Bertz CT molecular complexity index is 641. The number of halogens is 1. The van der Waals surface area contributed by atoms with E-state index < -0.39 is 0 Å². The predicted molar refractivity (Wildman–Crippen MR) is 90.1 cm³/mol. The van der Waals surface area contributed by atoms with E-state index in [0.29, 0.717) is 12.0 Å². The predicted octanol–water partition coefficient (Wildman–Crippen LogP) is 3.10. The van der Waals surface area contributed by atoms with Crippen LogP contribution in [0.4, 0.5) is 0 Å². The number of carbonyl (C=O) groups is 2. The summed E-state index contributed by atoms with van der Waals surface area (Å²) in [5.74, 6) is 1.98. The topological polar surface area (TPSA) is 71.1 Å². The van der Waals surface area contributed by atoms with Crippen LogP contribution < -0.4 is 10.9 Å². The van der Waals surface area contributed by atoms with Crippen molar-refractivity contribution in [3.05, 3.63) is 29.0 Å². The molecular formula is C18H22ClN3O2. The second-order valence-corrected chi connectivity index (χ2v) is 8.35. The van der Waals surface area contributed by atoms with Gasteiger partial charge in [0.1, 0.15) is 5.15 Å². The minimum Gasteiger partial charge on any atom is -0.273 e. The third-order valence-electron chi connectivity index (χ3n) is 6.00. The Balaban J connectivity index is 1.33. The molecule has 0 saturated heterocycles. The van der Waals surface area contributed by atoms with Crippen LogP contribution >= 0.6 is 11.6 Å². The monoisotopic (exact) mass is 347 g/mol. The van der Waals surface area contributed by atoms with E-state index in [0.717, 1.165) is 17.8 Å². The maximum Gasteiger partial charge on any atom is 0.269 e. The van der Waals surface area contributed by atoms with Gasteiger partial charge in [0.2, 0.25) is 5.91 Å². The Morgan fingerprint density at radius 1 is 1.12 bits per heavy atom. The number of hydrogen-bond acceptors (Lipinski definition) is 3. The van der Waals surface area contributed by atoms with Crippen LogP contribution in [0.25, 0.3) is 0 Å². The van der Waals surface area contributed by atoms with E-state index in [1.54, 1.807) is 6.07 Å². The molecule has 1 heterocycles. The lowest BCUT2D eigenvalue weighted by Gasteiger charge is -2.56. The van der Waals surface area contributed by atoms with E-state index in [1.807, 2.05) is 0 Å². The van der Waals surface area contributed by atoms with Gasteiger partial charge in [0, 0.05) is 18.2 Å². The summed E-state index contributed by atoms with van der Waals surface area (Å²) in [6, 6.07) is 3.04. The van der Waals surface area contributed by atoms with Crippen LogP contribution in [-0.4, -0.2) is 16.8 Å². The maximum atomic E-state index is 12.4. The average Bonchev–Trinajstić information content (AvgIpc) is 2.50. The van der Waals surface area contributed by atoms with E-state index in [1.165, 1.54) is 50.8 Å². The van der Waals surface area contributed by atoms with E-state index in [2.05, 4.69) is 15.8 Å². The number of nitrogens with one attached hydrogen (secondary N) is 2. The number of hydrogen-bond donors (Lipinski definition) is 2. The van der Waals surface area contributed by atoms with Crippen molar-refractivity contribution in [3.8, 4) is 0 Å². The molecule has 5 rings (SSSR count). The lowest BCUT2D eigenvalue weighted by Crippen LogP contribution is -2.50. The zero-order valence-corrected chi connectivity index (χ0v) is 14.3. The fourth-order valence-corrected chi connectivity index (χ4v) is 5.81. The van der Waals surface area contributed by atoms with Crippen molar-refractivity contribution in [2.24, 2.45) is 23.2 Å². The number of amides is 2. The zero-order valence-electron chi connectivity index (χ0n) is 13.6. The summed E-state index contributed by atoms with van der Waals surface area (Å²) in [4.78, 5) is 28.3. The molecule has 2 N–H and O–H groups in total. The SMILES string of the molecule is O=C(CC12CC3CC(CC(C3)C1)C2)NNC(=O)c1ccnc(Cl)c1. The smallest absolute Gasteiger partial charge is 0.269 e. The molecule has 4 bridgehead atoms. The number of aromatic nitrogens is 1. The van der Waals surface area contributed by atoms with Crippen LogP contribution in [0.5, 0.6) is 0 Å². The Labute approximate surface area is 146 Å². The number of carbonyl (C=O) groups excluding carboxylic acids is 2. The van der Waals surface area contributed by atoms with Crippen molar-refractivity contribution in [2.75, 3.05) is 0 Å². The van der Waals surface area contributed by atoms with Gasteiger partial charge in [-0.2, -0.15) is 0 Å². The summed E-state index contributed by atoms with van der Waals surface area (Å²) < 4.78 is 0. The molecule has 1 aromatic rings. The highest BCUT2D eigenvalue weighted by molar-refractivity contribution is 6.29. The molecule has 5 nitrogen and oxygen atoms in total. The van der Waals surface area contributed by atoms with Crippen molar-refractivity contribution >= 4 is 23.4 Å². The normalized spacial score (nSPS) is 33.3. The van der Waals surface area contributed by atoms with Crippen molar-refractivity contribution in [1.82, 2.24) is 15.8 Å². The summed E-state index contributed by atoms with van der Waals surface area (Å²) in [5.41, 5.74) is 5.61. The minimum absolute atomic E-state index is 0.0922. The molecule has 1 aromatic heterocycles. The number of nitrogens with zero attached hydrogens (tertiary/aromatic N) is 1. The molecule has 0 unspecified atom stereocenters. The van der Waals surface area contributed by atoms with Gasteiger partial charge in [-0.15, -0.1) is 0 Å². The van der Waals surface area contributed by atoms with E-state index >= 15 is 0 Å². The molecule has 24 heavy (non-hydrogen) atoms. The average molecular weight is 348 g/mol. The highest BCUT2D eigenvalue weighted by Crippen LogP contribution is 2.61. The number of rotatable bonds is 3. The maximum absolute atomic E-state index is 12.4. The van der Waals surface area contributed by atoms with Crippen molar-refractivity contribution in [1.29, 1.82) is 0 Å². The number of pyridine rings is 1. The summed E-state index contributed by atoms with van der Waals surface area (Å²) in [6.45, 7) is 0. The van der Waals surface area contributed by atoms with Crippen LogP contribution in [0, 0.1) is 23.2 Å². The van der Waals surface area contributed by atoms with Crippen LogP contribution in [0.1, 0.15) is 55.3 Å². The van der Waals surface area contributed by atoms with Gasteiger partial charge in [-0.1, -0.05) is 11.6 Å². The largest absolute Gasteiger partial charge is 0.273 e. The van der Waals surface area contributed by atoms with Crippen LogP contribution in [0.2, 0.25) is 5.15 Å². The molecule has 4 fully saturated rings. The van der Waals surface area contributed by atoms with Gasteiger partial charge in [0.15, 0.2) is 0 Å². The Hall–Kier alpha value is -1.62. The van der Waals surface area contributed by atoms with Gasteiger partial charge in [-0.05, 0) is 73.8 Å². The van der Waals surface area contributed by atoms with Gasteiger partial charge in [0.25, 0.3) is 5.91 Å². The van der Waals surface area contributed by atoms with E-state index in [4.69, 9.17) is 11.6 Å². The first-order valence-electron chi connectivity index (χ1n) is 8.72. The molecule has 6 heteroatoms. The summed E-state index contributed by atoms with van der Waals surface area (Å²) in [7, 11) is 0. The first kappa shape index (κ1) is 15.9. The second kappa shape index (κ2) is 6.03. The van der Waals surface area contributed by atoms with Gasteiger partial charge < -0.3 is 0 Å². The molecule has 4 aliphatic rings. The highest BCUT2D eigenvalue weighted by atomic mass is 35.5. The second-order valence-electron chi connectivity index (χ2n) is 7.96. The molecule has 0 aliphatic heterocycles. The van der Waals surface area contributed by atoms with Crippen molar-refractivity contribution in [2.45, 2.75) is 44.9 Å². The molecule has 0 atom stereocenters. The van der Waals surface area contributed by atoms with E-state index in [-0.39, 0.29) is 22.4 Å². The third-order valence-corrected chi connectivity index (χ3v) is 6.21. The third kappa shape index (κ3) is 3.14. The Kier molecular flexibility index (Phi) is 3.99. The quantitative estimate of drug-likeness (QED) is 0.652. The summed E-state index contributed by atoms with van der Waals surface area (Å²) in [6.07, 6.45) is 9.62. The van der Waals surface area contributed by atoms with Gasteiger partial charge in [-0.25, -0.2) is 4.98 Å². The summed E-state index contributed by atoms with van der Waals surface area (Å²) in [5, 5.41) is 0.252. The summed E-state index contributed by atoms with van der Waals surface area (Å²) >= 11 is 5.78. The molecule has 0 aromatic carbocycles. The van der Waals surface area contributed by atoms with Crippen molar-refractivity contribution in [3.63, 3.8) is 0 Å². The molecule has 2 amide bonds. The standard InChI is InChI=1S/C18H22ClN3O2/c19-15-6-14(1-2-20-15)17(24)22-21-16(23)10-18-7-11-3-12(8-18)5-13(4-11)9-18/h1-2,6,11-13H,3-5,7-10H2,(H,21,23)(H,22,24). The van der Waals surface area contributed by atoms with Gasteiger partial charge in [0.05, 0.1) is 0 Å². The van der Waals surface area contributed by atoms with Gasteiger partial charge >= 0.3 is 0 Å². The van der Waals surface area contributed by atoms with Crippen molar-refractivity contribution < 1.29 is 9.59 Å². The molecule has 4 saturated carbocycles. The molecule has 4 aliphatic carbocycles. The molecule has 0 radical (unpaired) electrons. The minimum atomic E-state index is -0.377. The zero-order chi connectivity index (χ0) is 16.7. The van der Waals surface area contributed by atoms with Crippen LogP contribution in [0.3, 0.4) is 0 Å². The van der Waals surface area contributed by atoms with Gasteiger partial charge in [-0.3, -0.25) is 20.4 Å². The Morgan fingerprint density at radius 3 is 2.33 bits per heavy atom. The molecular weight excluding hydrogens is 326 g/mol. The first-order chi connectivity index (χ1) is 11.5. The first-order valence-corrected chi connectivity index (χ1v) is 9.10. The van der Waals surface area contributed by atoms with E-state index in [9.17, 15) is 9.59 Å². The highest BCUT2D eigenvalue weighted by Gasteiger charge is 2.51. The number of hydrazine groups is 1. The fraction of sp³-hybridized carbons (Fsp3) is 0.611. The molecule has 128 valence electrons. The van der Waals surface area contributed by atoms with Crippen LogP contribution in [0.15, 0.2) is 18.3 Å². The Morgan fingerprint density at radius 2 is 1.75 bits per heavy atom. The lowest BCUT2D eigenvalue weighted by molar-refractivity contribution is -0.130. The molecule has 0 spiro atoms. The fourth-order valence-electron chi connectivity index (χ4n) is 5.63. The lowest BCUT2D eigenvalue weighted by atomic mass is 9.49.